The summed E-state index contributed by atoms with van der Waals surface area (Å²) in [5.41, 5.74) is 1.98. The van der Waals surface area contributed by atoms with E-state index in [1.165, 1.54) is 0 Å². The Morgan fingerprint density at radius 2 is 2.24 bits per heavy atom. The van der Waals surface area contributed by atoms with Crippen molar-refractivity contribution in [2.45, 2.75) is 19.3 Å². The van der Waals surface area contributed by atoms with Gasteiger partial charge in [-0.15, -0.1) is 0 Å². The third-order valence-electron chi connectivity index (χ3n) is 3.59. The van der Waals surface area contributed by atoms with Crippen molar-refractivity contribution >= 4 is 23.5 Å². The molecule has 0 fully saturated rings. The van der Waals surface area contributed by atoms with Crippen LogP contribution in [0.3, 0.4) is 0 Å². The number of aromatic nitrogens is 3. The zero-order valence-corrected chi connectivity index (χ0v) is 12.2. The van der Waals surface area contributed by atoms with Gasteiger partial charge in [0.15, 0.2) is 11.6 Å². The number of carbonyl (C=O) groups excluding carboxylic acids is 1. The molecule has 0 atom stereocenters. The number of hydrogen-bond donors (Lipinski definition) is 0. The first-order chi connectivity index (χ1) is 10.1. The van der Waals surface area contributed by atoms with Gasteiger partial charge in [-0.25, -0.2) is 14.4 Å². The molecule has 0 aromatic carbocycles. The maximum atomic E-state index is 14.0. The van der Waals surface area contributed by atoms with Gasteiger partial charge in [0, 0.05) is 19.0 Å². The second-order valence-electron chi connectivity index (χ2n) is 4.94. The largest absolute Gasteiger partial charge is 0.342 e. The van der Waals surface area contributed by atoms with Crippen LogP contribution in [0.1, 0.15) is 35.3 Å². The average molecular weight is 306 g/mol. The van der Waals surface area contributed by atoms with Crippen LogP contribution in [0.5, 0.6) is 0 Å². The third-order valence-corrected chi connectivity index (χ3v) is 3.77. The lowest BCUT2D eigenvalue weighted by Gasteiger charge is -2.07. The Balaban J connectivity index is 2.21. The van der Waals surface area contributed by atoms with Gasteiger partial charge in [0.1, 0.15) is 5.69 Å². The minimum Gasteiger partial charge on any atom is -0.342 e. The molecule has 2 aromatic heterocycles. The molecule has 21 heavy (non-hydrogen) atoms. The van der Waals surface area contributed by atoms with Gasteiger partial charge in [-0.2, -0.15) is 0 Å². The predicted octanol–water partition coefficient (Wildman–Crippen LogP) is 3.65. The van der Waals surface area contributed by atoms with Crippen molar-refractivity contribution < 1.29 is 9.18 Å². The topological polar surface area (TPSA) is 47.8 Å². The van der Waals surface area contributed by atoms with Crippen LogP contribution in [0, 0.1) is 5.82 Å². The predicted molar refractivity (Wildman–Crippen MR) is 78.6 cm³/mol. The lowest BCUT2D eigenvalue weighted by atomic mass is 10.0. The van der Waals surface area contributed by atoms with Crippen LogP contribution < -0.4 is 0 Å². The van der Waals surface area contributed by atoms with Crippen LogP contribution >= 0.6 is 11.6 Å². The Bertz CT molecular complexity index is 752. The molecule has 0 aliphatic heterocycles. The number of nitrogens with zero attached hydrogens (tertiary/aromatic N) is 3. The minimum atomic E-state index is -0.565. The van der Waals surface area contributed by atoms with Crippen molar-refractivity contribution in [1.82, 2.24) is 14.5 Å². The van der Waals surface area contributed by atoms with E-state index >= 15 is 0 Å². The minimum absolute atomic E-state index is 0.0260. The van der Waals surface area contributed by atoms with Gasteiger partial charge in [0.2, 0.25) is 5.28 Å². The summed E-state index contributed by atoms with van der Waals surface area (Å²) in [6, 6.07) is 1.68. The second kappa shape index (κ2) is 5.41. The van der Waals surface area contributed by atoms with Crippen molar-refractivity contribution in [1.29, 1.82) is 0 Å². The first-order valence-corrected chi connectivity index (χ1v) is 7.03. The number of ketones is 1. The summed E-state index contributed by atoms with van der Waals surface area (Å²) in [5, 5.41) is -0.0260. The molecule has 0 saturated heterocycles. The maximum absolute atomic E-state index is 14.0. The second-order valence-corrected chi connectivity index (χ2v) is 5.28. The van der Waals surface area contributed by atoms with E-state index in [-0.39, 0.29) is 16.8 Å². The standard InChI is InChI=1S/C15H13ClFN3O/c1-20-11-5-3-2-4-6-13(21)9(11)7-12(20)14-10(17)8-18-15(16)19-14/h3,5,7-8H,2,4,6H2,1H3/b5-3-. The molecule has 0 radical (unpaired) electrons. The van der Waals surface area contributed by atoms with Crippen molar-refractivity contribution in [2.75, 3.05) is 0 Å². The van der Waals surface area contributed by atoms with E-state index in [0.29, 0.717) is 17.7 Å². The smallest absolute Gasteiger partial charge is 0.223 e. The Labute approximate surface area is 126 Å². The number of Topliss-reactive ketones (excluding diaryl/α,β-unsaturated/α-hetero) is 1. The highest BCUT2D eigenvalue weighted by molar-refractivity contribution is 6.28. The van der Waals surface area contributed by atoms with E-state index < -0.39 is 5.82 Å². The Morgan fingerprint density at radius 1 is 1.43 bits per heavy atom. The van der Waals surface area contributed by atoms with E-state index in [1.807, 2.05) is 12.2 Å². The first-order valence-electron chi connectivity index (χ1n) is 6.66. The van der Waals surface area contributed by atoms with Crippen LogP contribution in [-0.4, -0.2) is 20.3 Å². The van der Waals surface area contributed by atoms with E-state index in [9.17, 15) is 9.18 Å². The first kappa shape index (κ1) is 13.9. The number of halogens is 2. The van der Waals surface area contributed by atoms with Crippen LogP contribution in [0.15, 0.2) is 18.3 Å². The summed E-state index contributed by atoms with van der Waals surface area (Å²) in [6.07, 6.45) is 7.14. The van der Waals surface area contributed by atoms with Crippen LogP contribution in [-0.2, 0) is 7.05 Å². The lowest BCUT2D eigenvalue weighted by molar-refractivity contribution is 0.0980. The van der Waals surface area contributed by atoms with E-state index in [4.69, 9.17) is 11.6 Å². The molecule has 4 nitrogen and oxygen atoms in total. The molecule has 0 bridgehead atoms. The van der Waals surface area contributed by atoms with Gasteiger partial charge >= 0.3 is 0 Å². The summed E-state index contributed by atoms with van der Waals surface area (Å²) in [4.78, 5) is 19.8. The monoisotopic (exact) mass is 305 g/mol. The highest BCUT2D eigenvalue weighted by Gasteiger charge is 2.21. The molecular formula is C15H13ClFN3O. The molecular weight excluding hydrogens is 293 g/mol. The number of carbonyl (C=O) groups is 1. The van der Waals surface area contributed by atoms with Crippen LogP contribution in [0.2, 0.25) is 5.28 Å². The van der Waals surface area contributed by atoms with Crippen molar-refractivity contribution in [3.63, 3.8) is 0 Å². The number of rotatable bonds is 1. The SMILES string of the molecule is Cn1c(-c2nc(Cl)ncc2F)cc2c1/C=C\CCCC2=O. The number of fused-ring (bicyclic) bond motifs is 1. The van der Waals surface area contributed by atoms with Gasteiger partial charge < -0.3 is 4.57 Å². The summed E-state index contributed by atoms with van der Waals surface area (Å²) in [6.45, 7) is 0. The van der Waals surface area contributed by atoms with Crippen molar-refractivity contribution in [3.05, 3.63) is 40.7 Å². The van der Waals surface area contributed by atoms with Gasteiger partial charge in [0.05, 0.1) is 17.6 Å². The zero-order valence-electron chi connectivity index (χ0n) is 11.4. The third kappa shape index (κ3) is 2.49. The van der Waals surface area contributed by atoms with Crippen LogP contribution in [0.4, 0.5) is 4.39 Å². The van der Waals surface area contributed by atoms with Gasteiger partial charge in [-0.3, -0.25) is 4.79 Å². The Hall–Kier alpha value is -2.01. The van der Waals surface area contributed by atoms with Crippen molar-refractivity contribution in [3.8, 4) is 11.4 Å². The molecule has 3 rings (SSSR count). The molecule has 0 N–H and O–H groups in total. The molecule has 1 aliphatic rings. The molecule has 0 amide bonds. The van der Waals surface area contributed by atoms with Gasteiger partial charge in [-0.1, -0.05) is 6.08 Å². The molecule has 6 heteroatoms. The summed E-state index contributed by atoms with van der Waals surface area (Å²) >= 11 is 5.75. The normalized spacial score (nSPS) is 16.2. The molecule has 1 aliphatic carbocycles. The van der Waals surface area contributed by atoms with Gasteiger partial charge in [-0.05, 0) is 36.6 Å². The molecule has 0 spiro atoms. The summed E-state index contributed by atoms with van der Waals surface area (Å²) in [7, 11) is 1.78. The van der Waals surface area contributed by atoms with E-state index in [1.54, 1.807) is 17.7 Å². The molecule has 108 valence electrons. The maximum Gasteiger partial charge on any atom is 0.223 e. The molecule has 2 aromatic rings. The molecule has 0 saturated carbocycles. The summed E-state index contributed by atoms with van der Waals surface area (Å²) in [5.74, 6) is -0.499. The summed E-state index contributed by atoms with van der Waals surface area (Å²) < 4.78 is 15.7. The fraction of sp³-hybridized carbons (Fsp3) is 0.267. The highest BCUT2D eigenvalue weighted by atomic mass is 35.5. The van der Waals surface area contributed by atoms with Crippen molar-refractivity contribution in [2.24, 2.45) is 7.05 Å². The van der Waals surface area contributed by atoms with Crippen LogP contribution in [0.25, 0.3) is 17.5 Å². The fourth-order valence-corrected chi connectivity index (χ4v) is 2.64. The van der Waals surface area contributed by atoms with E-state index in [0.717, 1.165) is 24.7 Å². The average Bonchev–Trinajstić information content (AvgIpc) is 2.76. The number of allylic oxidation sites excluding steroid dienone is 1. The molecule has 2 heterocycles. The molecule has 0 unspecified atom stereocenters. The van der Waals surface area contributed by atoms with Gasteiger partial charge in [0.25, 0.3) is 0 Å². The Morgan fingerprint density at radius 3 is 3.05 bits per heavy atom. The number of hydrogen-bond acceptors (Lipinski definition) is 3. The van der Waals surface area contributed by atoms with E-state index in [2.05, 4.69) is 9.97 Å². The zero-order chi connectivity index (χ0) is 15.0. The quantitative estimate of drug-likeness (QED) is 0.756. The lowest BCUT2D eigenvalue weighted by Crippen LogP contribution is -2.04. The highest BCUT2D eigenvalue weighted by Crippen LogP contribution is 2.29. The Kier molecular flexibility index (Phi) is 3.59. The fourth-order valence-electron chi connectivity index (χ4n) is 2.51.